The monoisotopic (exact) mass is 393 g/mol. The van der Waals surface area contributed by atoms with E-state index >= 15 is 0 Å². The highest BCUT2D eigenvalue weighted by Gasteiger charge is 2.11. The summed E-state index contributed by atoms with van der Waals surface area (Å²) >= 11 is 1.63. The topological polar surface area (TPSA) is 88.5 Å². The molecule has 3 rings (SSSR count). The predicted molar refractivity (Wildman–Crippen MR) is 121 cm³/mol. The van der Waals surface area contributed by atoms with E-state index < -0.39 is 0 Å². The molecular formula is C22H27N5S. The zero-order valence-electron chi connectivity index (χ0n) is 16.8. The molecule has 0 aliphatic rings. The molecule has 0 saturated carbocycles. The minimum atomic E-state index is 0.574. The van der Waals surface area contributed by atoms with Gasteiger partial charge in [0.1, 0.15) is 0 Å². The number of nitrogens with one attached hydrogen (secondary N) is 1. The largest absolute Gasteiger partial charge is 0.404 e. The lowest BCUT2D eigenvalue weighted by molar-refractivity contribution is 0.626. The second kappa shape index (κ2) is 10.5. The number of nitrogens with zero attached hydrogens (tertiary/aromatic N) is 3. The summed E-state index contributed by atoms with van der Waals surface area (Å²) in [5, 5.41) is 9.54. The lowest BCUT2D eigenvalue weighted by Gasteiger charge is -2.03. The summed E-state index contributed by atoms with van der Waals surface area (Å²) in [5.74, 6) is 1.46. The van der Waals surface area contributed by atoms with Gasteiger partial charge in [-0.15, -0.1) is 11.3 Å². The molecule has 0 amide bonds. The van der Waals surface area contributed by atoms with Crippen LogP contribution in [0.4, 0.5) is 0 Å². The van der Waals surface area contributed by atoms with Gasteiger partial charge < -0.3 is 11.1 Å². The van der Waals surface area contributed by atoms with Crippen LogP contribution < -0.4 is 5.73 Å². The molecule has 0 bridgehead atoms. The fourth-order valence-electron chi connectivity index (χ4n) is 2.23. The molecule has 3 aromatic heterocycles. The molecule has 0 fully saturated rings. The minimum absolute atomic E-state index is 0.574. The van der Waals surface area contributed by atoms with Crippen molar-refractivity contribution < 1.29 is 0 Å². The van der Waals surface area contributed by atoms with Crippen molar-refractivity contribution in [2.24, 2.45) is 11.7 Å². The average Bonchev–Trinajstić information content (AvgIpc) is 3.13. The van der Waals surface area contributed by atoms with Crippen LogP contribution in [0.3, 0.4) is 0 Å². The van der Waals surface area contributed by atoms with E-state index in [0.29, 0.717) is 5.82 Å². The second-order valence-corrected chi connectivity index (χ2v) is 7.48. The van der Waals surface area contributed by atoms with E-state index in [4.69, 9.17) is 16.1 Å². The Bertz CT molecular complexity index is 968. The van der Waals surface area contributed by atoms with Crippen LogP contribution in [0.2, 0.25) is 0 Å². The Morgan fingerprint density at radius 3 is 2.46 bits per heavy atom. The molecule has 3 aromatic rings. The summed E-state index contributed by atoms with van der Waals surface area (Å²) in [4.78, 5) is 13.3. The van der Waals surface area contributed by atoms with Crippen LogP contribution in [0.1, 0.15) is 45.6 Å². The number of allylic oxidation sites excluding steroid dienone is 2. The van der Waals surface area contributed by atoms with Crippen molar-refractivity contribution in [1.29, 1.82) is 5.41 Å². The van der Waals surface area contributed by atoms with E-state index in [2.05, 4.69) is 36.1 Å². The van der Waals surface area contributed by atoms with Crippen LogP contribution >= 0.6 is 11.3 Å². The molecule has 6 heteroatoms. The van der Waals surface area contributed by atoms with Gasteiger partial charge in [-0.2, -0.15) is 0 Å². The van der Waals surface area contributed by atoms with Crippen molar-refractivity contribution in [1.82, 2.24) is 15.0 Å². The van der Waals surface area contributed by atoms with E-state index in [0.717, 1.165) is 38.5 Å². The second-order valence-electron chi connectivity index (χ2n) is 6.57. The highest BCUT2D eigenvalue weighted by molar-refractivity contribution is 7.17. The minimum Gasteiger partial charge on any atom is -0.404 e. The number of nitrogens with two attached hydrogens (primary N) is 1. The van der Waals surface area contributed by atoms with E-state index in [1.807, 2.05) is 25.1 Å². The molecule has 146 valence electrons. The number of hydrogen-bond donors (Lipinski definition) is 2. The van der Waals surface area contributed by atoms with E-state index in [1.54, 1.807) is 29.8 Å². The molecule has 0 spiro atoms. The van der Waals surface area contributed by atoms with Crippen LogP contribution in [-0.4, -0.2) is 21.2 Å². The molecule has 0 aromatic carbocycles. The van der Waals surface area contributed by atoms with Crippen LogP contribution in [-0.2, 0) is 0 Å². The molecule has 3 N–H and O–H groups in total. The number of aromatic nitrogens is 3. The Kier molecular flexibility index (Phi) is 8.02. The number of hydrogen-bond acceptors (Lipinski definition) is 6. The van der Waals surface area contributed by atoms with Crippen molar-refractivity contribution >= 4 is 39.4 Å². The number of rotatable bonds is 5. The molecule has 5 nitrogen and oxygen atoms in total. The standard InChI is InChI=1S/C17H15N5S.C5H12/c1-2-11(7-19)14-3-4-15-17(22-14)13(10-23-15)12-8-20-16(5-6-18)21-9-12;1-4-5(2)3/h2-10,19H,18H2,1H3;5H,4H2,1-3H3/b6-5-,11-2+,19-7?;. The van der Waals surface area contributed by atoms with Gasteiger partial charge in [-0.25, -0.2) is 15.0 Å². The van der Waals surface area contributed by atoms with E-state index in [1.165, 1.54) is 18.8 Å². The van der Waals surface area contributed by atoms with Crippen molar-refractivity contribution in [2.75, 3.05) is 0 Å². The van der Waals surface area contributed by atoms with Gasteiger partial charge in [0, 0.05) is 40.7 Å². The summed E-state index contributed by atoms with van der Waals surface area (Å²) in [6.45, 7) is 8.54. The maximum absolute atomic E-state index is 7.48. The zero-order valence-corrected chi connectivity index (χ0v) is 17.6. The number of pyridine rings is 1. The van der Waals surface area contributed by atoms with Gasteiger partial charge in [0.2, 0.25) is 0 Å². The number of fused-ring (bicyclic) bond motifs is 1. The summed E-state index contributed by atoms with van der Waals surface area (Å²) < 4.78 is 1.09. The van der Waals surface area contributed by atoms with Gasteiger partial charge in [-0.05, 0) is 37.3 Å². The van der Waals surface area contributed by atoms with Gasteiger partial charge in [0.25, 0.3) is 0 Å². The van der Waals surface area contributed by atoms with E-state index in [-0.39, 0.29) is 0 Å². The third-order valence-electron chi connectivity index (χ3n) is 4.22. The SMILES string of the molecule is C/C=C(\C=N)c1ccc2scc(-c3cnc(/C=C\N)nc3)c2n1.CCC(C)C. The highest BCUT2D eigenvalue weighted by atomic mass is 32.1. The lowest BCUT2D eigenvalue weighted by atomic mass is 10.1. The Morgan fingerprint density at radius 1 is 1.25 bits per heavy atom. The molecular weight excluding hydrogens is 366 g/mol. The van der Waals surface area contributed by atoms with Gasteiger partial charge in [0.15, 0.2) is 5.82 Å². The van der Waals surface area contributed by atoms with Gasteiger partial charge in [-0.3, -0.25) is 0 Å². The van der Waals surface area contributed by atoms with Gasteiger partial charge >= 0.3 is 0 Å². The van der Waals surface area contributed by atoms with Crippen LogP contribution in [0.15, 0.2) is 42.2 Å². The van der Waals surface area contributed by atoms with Crippen molar-refractivity contribution in [3.05, 3.63) is 53.7 Å². The zero-order chi connectivity index (χ0) is 20.5. The first-order chi connectivity index (χ1) is 13.5. The molecule has 0 aliphatic heterocycles. The first-order valence-electron chi connectivity index (χ1n) is 9.30. The molecule has 0 radical (unpaired) electrons. The third kappa shape index (κ3) is 5.33. The predicted octanol–water partition coefficient (Wildman–Crippen LogP) is 5.79. The lowest BCUT2D eigenvalue weighted by Crippen LogP contribution is -1.92. The summed E-state index contributed by atoms with van der Waals surface area (Å²) in [6, 6.07) is 3.97. The summed E-state index contributed by atoms with van der Waals surface area (Å²) in [6.07, 6.45) is 11.1. The van der Waals surface area contributed by atoms with Crippen molar-refractivity contribution in [3.63, 3.8) is 0 Å². The maximum atomic E-state index is 7.48. The highest BCUT2D eigenvalue weighted by Crippen LogP contribution is 2.33. The Labute approximate surface area is 170 Å². The fraction of sp³-hybridized carbons (Fsp3) is 0.273. The van der Waals surface area contributed by atoms with Gasteiger partial charge in [0.05, 0.1) is 15.9 Å². The fourth-order valence-corrected chi connectivity index (χ4v) is 3.14. The van der Waals surface area contributed by atoms with Crippen LogP contribution in [0, 0.1) is 11.3 Å². The first kappa shape index (κ1) is 21.4. The molecule has 28 heavy (non-hydrogen) atoms. The first-order valence-corrected chi connectivity index (χ1v) is 10.2. The molecule has 0 unspecified atom stereocenters. The Balaban J connectivity index is 0.000000500. The third-order valence-corrected chi connectivity index (χ3v) is 5.16. The Morgan fingerprint density at radius 2 is 1.93 bits per heavy atom. The average molecular weight is 394 g/mol. The molecule has 0 saturated heterocycles. The normalized spacial score (nSPS) is 11.7. The van der Waals surface area contributed by atoms with Gasteiger partial charge in [-0.1, -0.05) is 33.3 Å². The van der Waals surface area contributed by atoms with Crippen molar-refractivity contribution in [2.45, 2.75) is 34.1 Å². The van der Waals surface area contributed by atoms with Crippen LogP contribution in [0.5, 0.6) is 0 Å². The summed E-state index contributed by atoms with van der Waals surface area (Å²) in [7, 11) is 0. The maximum Gasteiger partial charge on any atom is 0.153 e. The van der Waals surface area contributed by atoms with Crippen molar-refractivity contribution in [3.8, 4) is 11.1 Å². The quantitative estimate of drug-likeness (QED) is 0.537. The number of thiophene rings is 1. The Hall–Kier alpha value is -2.86. The molecule has 0 aliphatic carbocycles. The van der Waals surface area contributed by atoms with Crippen LogP contribution in [0.25, 0.3) is 33.0 Å². The van der Waals surface area contributed by atoms with E-state index in [9.17, 15) is 0 Å². The molecule has 3 heterocycles. The summed E-state index contributed by atoms with van der Waals surface area (Å²) in [5.41, 5.74) is 9.74. The smallest absolute Gasteiger partial charge is 0.153 e. The molecule has 0 atom stereocenters.